The summed E-state index contributed by atoms with van der Waals surface area (Å²) in [5.74, 6) is 1.76. The molecule has 2 aromatic heterocycles. The van der Waals surface area contributed by atoms with E-state index in [9.17, 15) is 0 Å². The number of aryl methyl sites for hydroxylation is 1. The van der Waals surface area contributed by atoms with E-state index >= 15 is 0 Å². The van der Waals surface area contributed by atoms with E-state index in [0.717, 1.165) is 31.5 Å². The lowest BCUT2D eigenvalue weighted by Gasteiger charge is -2.22. The van der Waals surface area contributed by atoms with Gasteiger partial charge in [0.05, 0.1) is 25.4 Å². The van der Waals surface area contributed by atoms with Crippen molar-refractivity contribution in [1.29, 1.82) is 0 Å². The summed E-state index contributed by atoms with van der Waals surface area (Å²) in [6, 6.07) is 1.88. The van der Waals surface area contributed by atoms with E-state index in [1.54, 1.807) is 6.26 Å². The Hall–Kier alpha value is -1.66. The average Bonchev–Trinajstić information content (AvgIpc) is 3.09. The minimum atomic E-state index is 0.353. The van der Waals surface area contributed by atoms with Crippen molar-refractivity contribution in [2.45, 2.75) is 32.3 Å². The number of aromatic nitrogens is 2. The lowest BCUT2D eigenvalue weighted by molar-refractivity contribution is 0.0322. The van der Waals surface area contributed by atoms with Crippen LogP contribution in [0.25, 0.3) is 11.6 Å². The molecule has 1 N–H and O–H groups in total. The van der Waals surface area contributed by atoms with E-state index in [0.29, 0.717) is 36.6 Å². The number of hydrogen-bond acceptors (Lipinski definition) is 6. The van der Waals surface area contributed by atoms with Crippen molar-refractivity contribution in [3.63, 3.8) is 0 Å². The molecule has 0 aromatic carbocycles. The molecule has 1 saturated heterocycles. The Morgan fingerprint density at radius 3 is 3.00 bits per heavy atom. The predicted octanol–water partition coefficient (Wildman–Crippen LogP) is 1.95. The standard InChI is InChI=1S/C14H19N3O3/c1-10-4-8-19-13(10)14-16-12(20-17-14)5-9-18-11-2-6-15-7-3-11/h4,8,11,15H,2-3,5-7,9H2,1H3. The van der Waals surface area contributed by atoms with Crippen LogP contribution in [0.5, 0.6) is 0 Å². The van der Waals surface area contributed by atoms with Crippen LogP contribution in [0.3, 0.4) is 0 Å². The van der Waals surface area contributed by atoms with Gasteiger partial charge in [0.2, 0.25) is 11.7 Å². The molecule has 1 fully saturated rings. The summed E-state index contributed by atoms with van der Waals surface area (Å²) in [5.41, 5.74) is 1.00. The smallest absolute Gasteiger partial charge is 0.238 e. The van der Waals surface area contributed by atoms with Crippen LogP contribution in [-0.4, -0.2) is 35.9 Å². The molecule has 6 heteroatoms. The maximum atomic E-state index is 5.82. The molecule has 2 aromatic rings. The molecule has 0 saturated carbocycles. The predicted molar refractivity (Wildman–Crippen MR) is 72.3 cm³/mol. The molecule has 0 unspecified atom stereocenters. The Labute approximate surface area is 117 Å². The lowest BCUT2D eigenvalue weighted by atomic mass is 10.1. The average molecular weight is 277 g/mol. The Kier molecular flexibility index (Phi) is 4.13. The van der Waals surface area contributed by atoms with Gasteiger partial charge < -0.3 is 19.0 Å². The highest BCUT2D eigenvalue weighted by atomic mass is 16.5. The van der Waals surface area contributed by atoms with Crippen molar-refractivity contribution in [3.05, 3.63) is 23.8 Å². The first-order valence-electron chi connectivity index (χ1n) is 7.02. The maximum Gasteiger partial charge on any atom is 0.238 e. The Bertz CT molecular complexity index is 543. The van der Waals surface area contributed by atoms with E-state index in [4.69, 9.17) is 13.7 Å². The van der Waals surface area contributed by atoms with Crippen LogP contribution in [0, 0.1) is 6.92 Å². The summed E-state index contributed by atoms with van der Waals surface area (Å²) in [5, 5.41) is 7.26. The van der Waals surface area contributed by atoms with Gasteiger partial charge in [0.25, 0.3) is 0 Å². The Balaban J connectivity index is 1.51. The summed E-state index contributed by atoms with van der Waals surface area (Å²) < 4.78 is 16.4. The third-order valence-electron chi connectivity index (χ3n) is 3.49. The van der Waals surface area contributed by atoms with Crippen LogP contribution in [-0.2, 0) is 11.2 Å². The van der Waals surface area contributed by atoms with Gasteiger partial charge in [-0.3, -0.25) is 0 Å². The number of furan rings is 1. The first-order valence-corrected chi connectivity index (χ1v) is 7.02. The molecule has 0 amide bonds. The number of nitrogens with one attached hydrogen (secondary N) is 1. The SMILES string of the molecule is Cc1ccoc1-c1noc(CCOC2CCNCC2)n1. The normalized spacial score (nSPS) is 16.6. The molecule has 1 aliphatic heterocycles. The zero-order chi connectivity index (χ0) is 13.8. The highest BCUT2D eigenvalue weighted by Crippen LogP contribution is 2.21. The number of ether oxygens (including phenoxy) is 1. The van der Waals surface area contributed by atoms with Crippen LogP contribution >= 0.6 is 0 Å². The van der Waals surface area contributed by atoms with E-state index < -0.39 is 0 Å². The molecule has 0 atom stereocenters. The summed E-state index contributed by atoms with van der Waals surface area (Å²) in [6.45, 7) is 4.64. The molecule has 20 heavy (non-hydrogen) atoms. The van der Waals surface area contributed by atoms with Gasteiger partial charge in [-0.2, -0.15) is 4.98 Å². The molecular weight excluding hydrogens is 258 g/mol. The molecule has 3 heterocycles. The van der Waals surface area contributed by atoms with E-state index in [-0.39, 0.29) is 0 Å². The van der Waals surface area contributed by atoms with Gasteiger partial charge in [-0.1, -0.05) is 5.16 Å². The molecule has 1 aliphatic rings. The van der Waals surface area contributed by atoms with E-state index in [2.05, 4.69) is 15.5 Å². The molecule has 6 nitrogen and oxygen atoms in total. The lowest BCUT2D eigenvalue weighted by Crippen LogP contribution is -2.32. The maximum absolute atomic E-state index is 5.82. The topological polar surface area (TPSA) is 73.3 Å². The number of piperidine rings is 1. The van der Waals surface area contributed by atoms with Gasteiger partial charge in [0.15, 0.2) is 5.76 Å². The molecular formula is C14H19N3O3. The minimum Gasteiger partial charge on any atom is -0.461 e. The quantitative estimate of drug-likeness (QED) is 0.900. The van der Waals surface area contributed by atoms with Crippen molar-refractivity contribution in [2.75, 3.05) is 19.7 Å². The Morgan fingerprint density at radius 1 is 1.40 bits per heavy atom. The molecule has 0 aliphatic carbocycles. The minimum absolute atomic E-state index is 0.353. The highest BCUT2D eigenvalue weighted by molar-refractivity contribution is 5.50. The van der Waals surface area contributed by atoms with Crippen molar-refractivity contribution in [2.24, 2.45) is 0 Å². The second-order valence-corrected chi connectivity index (χ2v) is 5.01. The van der Waals surface area contributed by atoms with Crippen molar-refractivity contribution in [1.82, 2.24) is 15.5 Å². The summed E-state index contributed by atoms with van der Waals surface area (Å²) in [7, 11) is 0. The van der Waals surface area contributed by atoms with Crippen LogP contribution in [0.2, 0.25) is 0 Å². The van der Waals surface area contributed by atoms with Crippen LogP contribution in [0.15, 0.2) is 21.3 Å². The molecule has 0 bridgehead atoms. The zero-order valence-corrected chi connectivity index (χ0v) is 11.6. The number of hydrogen-bond donors (Lipinski definition) is 1. The van der Waals surface area contributed by atoms with Crippen LogP contribution in [0.1, 0.15) is 24.3 Å². The largest absolute Gasteiger partial charge is 0.461 e. The van der Waals surface area contributed by atoms with Gasteiger partial charge in [0, 0.05) is 0 Å². The van der Waals surface area contributed by atoms with E-state index in [1.165, 1.54) is 0 Å². The van der Waals surface area contributed by atoms with Gasteiger partial charge >= 0.3 is 0 Å². The van der Waals surface area contributed by atoms with Gasteiger partial charge in [0.1, 0.15) is 0 Å². The van der Waals surface area contributed by atoms with Crippen LogP contribution < -0.4 is 5.32 Å². The fourth-order valence-electron chi connectivity index (χ4n) is 2.33. The zero-order valence-electron chi connectivity index (χ0n) is 11.6. The fourth-order valence-corrected chi connectivity index (χ4v) is 2.33. The summed E-state index contributed by atoms with van der Waals surface area (Å²) in [6.07, 6.45) is 4.75. The van der Waals surface area contributed by atoms with Crippen molar-refractivity contribution >= 4 is 0 Å². The van der Waals surface area contributed by atoms with E-state index in [1.807, 2.05) is 13.0 Å². The molecule has 108 valence electrons. The third kappa shape index (κ3) is 3.08. The van der Waals surface area contributed by atoms with Crippen LogP contribution in [0.4, 0.5) is 0 Å². The Morgan fingerprint density at radius 2 is 2.25 bits per heavy atom. The van der Waals surface area contributed by atoms with Gasteiger partial charge in [-0.05, 0) is 44.5 Å². The second-order valence-electron chi connectivity index (χ2n) is 5.01. The monoisotopic (exact) mass is 277 g/mol. The summed E-state index contributed by atoms with van der Waals surface area (Å²) >= 11 is 0. The molecule has 3 rings (SSSR count). The number of rotatable bonds is 5. The van der Waals surface area contributed by atoms with Gasteiger partial charge in [-0.15, -0.1) is 0 Å². The first kappa shape index (κ1) is 13.3. The fraction of sp³-hybridized carbons (Fsp3) is 0.571. The second kappa shape index (κ2) is 6.19. The van der Waals surface area contributed by atoms with Crippen molar-refractivity contribution in [3.8, 4) is 11.6 Å². The molecule has 0 spiro atoms. The van der Waals surface area contributed by atoms with Crippen molar-refractivity contribution < 1.29 is 13.7 Å². The number of nitrogens with zero attached hydrogens (tertiary/aromatic N) is 2. The third-order valence-corrected chi connectivity index (χ3v) is 3.49. The summed E-state index contributed by atoms with van der Waals surface area (Å²) in [4.78, 5) is 4.33. The highest BCUT2D eigenvalue weighted by Gasteiger charge is 2.16. The molecule has 0 radical (unpaired) electrons. The first-order chi connectivity index (χ1) is 9.83. The van der Waals surface area contributed by atoms with Gasteiger partial charge in [-0.25, -0.2) is 0 Å².